The summed E-state index contributed by atoms with van der Waals surface area (Å²) < 4.78 is 31.2. The normalized spacial score (nSPS) is 11.6. The van der Waals surface area contributed by atoms with Crippen molar-refractivity contribution in [2.75, 3.05) is 10.6 Å². The first-order valence-electron chi connectivity index (χ1n) is 14.0. The van der Waals surface area contributed by atoms with E-state index in [1.165, 1.54) is 18.2 Å². The van der Waals surface area contributed by atoms with Gasteiger partial charge in [-0.15, -0.1) is 14.3 Å². The molecule has 0 unspecified atom stereocenters. The van der Waals surface area contributed by atoms with Crippen molar-refractivity contribution in [3.63, 3.8) is 0 Å². The van der Waals surface area contributed by atoms with Crippen molar-refractivity contribution >= 4 is 67.5 Å². The third kappa shape index (κ3) is 7.86. The highest BCUT2D eigenvalue weighted by atomic mass is 32.2. The predicted octanol–water partition coefficient (Wildman–Crippen LogP) is 5.69. The van der Waals surface area contributed by atoms with E-state index in [-0.39, 0.29) is 39.6 Å². The Balaban J connectivity index is 1.36. The molecule has 48 heavy (non-hydrogen) atoms. The fraction of sp³-hybridized carbons (Fsp3) is 0.0323. The minimum atomic E-state index is -4.17. The number of phenolic OH excluding ortho intramolecular Hbond substituents is 1. The highest BCUT2D eigenvalue weighted by molar-refractivity contribution is 7.94. The van der Waals surface area contributed by atoms with Gasteiger partial charge in [-0.05, 0) is 95.1 Å². The van der Waals surface area contributed by atoms with Gasteiger partial charge >= 0.3 is 17.8 Å². The molecular weight excluding hydrogens is 657 g/mol. The Hall–Kier alpha value is -5.56. The van der Waals surface area contributed by atoms with Crippen LogP contribution in [0.5, 0.6) is 5.75 Å². The number of azo groups is 1. The molecule has 0 atom stereocenters. The Kier molecular flexibility index (Phi) is 9.48. The number of nitrogens with zero attached hydrogens (tertiary/aromatic N) is 6. The molecule has 0 aliphatic carbocycles. The molecule has 7 N–H and O–H groups in total. The first kappa shape index (κ1) is 32.4. The molecule has 0 amide bonds. The van der Waals surface area contributed by atoms with Crippen molar-refractivity contribution in [2.45, 2.75) is 16.7 Å². The fourth-order valence-electron chi connectivity index (χ4n) is 4.52. The number of rotatable bonds is 11. The molecule has 17 heteroatoms. The molecule has 0 fully saturated rings. The van der Waals surface area contributed by atoms with Gasteiger partial charge in [0.2, 0.25) is 10.0 Å². The summed E-state index contributed by atoms with van der Waals surface area (Å²) >= 11 is 0.714. The lowest BCUT2D eigenvalue weighted by atomic mass is 10.1. The van der Waals surface area contributed by atoms with Crippen molar-refractivity contribution in [1.82, 2.24) is 15.0 Å². The number of nitrogens with two attached hydrogens (primary N) is 2. The maximum absolute atomic E-state index is 12.4. The zero-order chi connectivity index (χ0) is 33.7. The summed E-state index contributed by atoms with van der Waals surface area (Å²) in [7, 11) is -4.17. The second-order valence-electron chi connectivity index (χ2n) is 10.2. The topological polar surface area (TPSA) is 216 Å². The van der Waals surface area contributed by atoms with E-state index in [1.807, 2.05) is 49.4 Å². The summed E-state index contributed by atoms with van der Waals surface area (Å²) in [6, 6.07) is 25.9. The molecule has 0 aliphatic rings. The van der Waals surface area contributed by atoms with Crippen LogP contribution >= 0.6 is 12.0 Å². The van der Waals surface area contributed by atoms with E-state index in [2.05, 4.69) is 45.1 Å². The van der Waals surface area contributed by atoms with Gasteiger partial charge in [-0.25, -0.2) is 18.1 Å². The number of phenols is 1. The number of nitrogens with one attached hydrogen (secondary N) is 2. The molecule has 6 aromatic rings. The third-order valence-corrected chi connectivity index (χ3v) is 8.20. The van der Waals surface area contributed by atoms with E-state index in [0.717, 1.165) is 11.3 Å². The van der Waals surface area contributed by atoms with Crippen molar-refractivity contribution in [2.24, 2.45) is 21.3 Å². The number of hydrogen-bond donors (Lipinski definition) is 5. The first-order chi connectivity index (χ1) is 23.1. The van der Waals surface area contributed by atoms with E-state index in [9.17, 15) is 13.5 Å². The van der Waals surface area contributed by atoms with E-state index in [0.29, 0.717) is 33.7 Å². The van der Waals surface area contributed by atoms with Gasteiger partial charge < -0.3 is 15.7 Å². The minimum Gasteiger partial charge on any atom is -0.507 e. The van der Waals surface area contributed by atoms with Crippen molar-refractivity contribution < 1.29 is 27.4 Å². The molecule has 2 heterocycles. The quantitative estimate of drug-likeness (QED) is 0.0366. The molecule has 6 rings (SSSR count). The van der Waals surface area contributed by atoms with Gasteiger partial charge in [0.15, 0.2) is 0 Å². The number of aromatic hydroxyl groups is 1. The smallest absolute Gasteiger partial charge is 0.444 e. The molecule has 0 aliphatic heterocycles. The summed E-state index contributed by atoms with van der Waals surface area (Å²) in [4.78, 5) is 17.9. The molecule has 2 aromatic heterocycles. The monoisotopic (exact) mass is 683 g/mol. The number of aromatic nitrogens is 4. The van der Waals surface area contributed by atoms with Crippen LogP contribution in [0.25, 0.3) is 16.7 Å². The summed E-state index contributed by atoms with van der Waals surface area (Å²) in [5.41, 5.74) is 3.33. The number of benzene rings is 4. The third-order valence-electron chi connectivity index (χ3n) is 6.73. The van der Waals surface area contributed by atoms with Crippen molar-refractivity contribution in [3.05, 3.63) is 109 Å². The van der Waals surface area contributed by atoms with Crippen LogP contribution in [0.3, 0.4) is 0 Å². The van der Waals surface area contributed by atoms with Crippen LogP contribution in [0, 0.1) is 6.92 Å². The van der Waals surface area contributed by atoms with Crippen LogP contribution in [0.2, 0.25) is 0 Å². The van der Waals surface area contributed by atoms with Gasteiger partial charge in [0.25, 0.3) is 0 Å². The summed E-state index contributed by atoms with van der Waals surface area (Å²) in [6.07, 6.45) is 3.51. The largest absolute Gasteiger partial charge is 0.507 e. The molecule has 15 nitrogen and oxygen atoms in total. The number of anilines is 4. The van der Waals surface area contributed by atoms with Gasteiger partial charge in [0.1, 0.15) is 5.75 Å². The summed E-state index contributed by atoms with van der Waals surface area (Å²) in [6.45, 7) is 2.00. The maximum Gasteiger partial charge on any atom is 0.444 e. The van der Waals surface area contributed by atoms with Gasteiger partial charge in [-0.2, -0.15) is 16.1 Å². The molecular formula is C31H27N10O5S2+. The zero-order valence-electron chi connectivity index (χ0n) is 25.0. The number of aryl methyl sites for hydroxylation is 1. The molecule has 0 bridgehead atoms. The number of sulfonamides is 1. The molecule has 0 spiro atoms. The van der Waals surface area contributed by atoms with Crippen molar-refractivity contribution in [3.8, 4) is 11.7 Å². The molecule has 4 aromatic carbocycles. The van der Waals surface area contributed by atoms with Crippen LogP contribution in [0.1, 0.15) is 5.56 Å². The Morgan fingerprint density at radius 1 is 0.854 bits per heavy atom. The van der Waals surface area contributed by atoms with Gasteiger partial charge in [0.05, 0.1) is 46.4 Å². The standard InChI is InChI=1S/C31H26N10O5S2/c1-19-5-7-22(8-6-19)39-40-23-11-9-21(10-12-23)34-29-36-30(38-31(37-29)41-13-3-2-4-14-41)35-26-18-25(48(33,43)44)16-20-15-24(47-46-45-32)17-27(42)28(20)26/h2-18H,32H2,1H3,(H4-,33,34,35,36,37,38,39,42,43,44)/p+1. The maximum atomic E-state index is 12.4. The summed E-state index contributed by atoms with van der Waals surface area (Å²) in [5, 5.41) is 31.8. The number of primary sulfonamides is 1. The van der Waals surface area contributed by atoms with Gasteiger partial charge in [-0.1, -0.05) is 23.8 Å². The van der Waals surface area contributed by atoms with E-state index < -0.39 is 10.0 Å². The lowest BCUT2D eigenvalue weighted by molar-refractivity contribution is -0.603. The van der Waals surface area contributed by atoms with E-state index >= 15 is 0 Å². The Bertz CT molecular complexity index is 2220. The average molecular weight is 684 g/mol. The molecule has 0 saturated carbocycles. The fourth-order valence-corrected chi connectivity index (χ4v) is 5.55. The lowest BCUT2D eigenvalue weighted by Crippen LogP contribution is -2.32. The van der Waals surface area contributed by atoms with Crippen LogP contribution in [-0.4, -0.2) is 28.5 Å². The van der Waals surface area contributed by atoms with Crippen molar-refractivity contribution in [1.29, 1.82) is 0 Å². The zero-order valence-corrected chi connectivity index (χ0v) is 26.7. The summed E-state index contributed by atoms with van der Waals surface area (Å²) in [5.74, 6) is 5.17. The highest BCUT2D eigenvalue weighted by Gasteiger charge is 2.21. The van der Waals surface area contributed by atoms with Crippen LogP contribution in [0.4, 0.5) is 34.6 Å². The minimum absolute atomic E-state index is 0.0351. The predicted molar refractivity (Wildman–Crippen MR) is 179 cm³/mol. The van der Waals surface area contributed by atoms with Crippen LogP contribution in [0.15, 0.2) is 123 Å². The van der Waals surface area contributed by atoms with E-state index in [4.69, 9.17) is 11.0 Å². The molecule has 242 valence electrons. The number of pyridine rings is 1. The Labute approximate surface area is 278 Å². The molecule has 0 radical (unpaired) electrons. The second kappa shape index (κ2) is 14.1. The number of hydrogen-bond acceptors (Lipinski definition) is 14. The SMILES string of the molecule is Cc1ccc(N=Nc2ccc(Nc3nc(Nc4cc(S(N)(=O)=O)cc5cc(SOON)cc(O)c45)nc(-[n+]4ccccc4)n3)cc2)cc1. The van der Waals surface area contributed by atoms with Gasteiger partial charge in [0, 0.05) is 16.0 Å². The van der Waals surface area contributed by atoms with Crippen LogP contribution < -0.4 is 26.2 Å². The van der Waals surface area contributed by atoms with Gasteiger partial charge in [-0.3, -0.25) is 0 Å². The van der Waals surface area contributed by atoms with E-state index in [1.54, 1.807) is 47.3 Å². The lowest BCUT2D eigenvalue weighted by Gasteiger charge is -2.13. The average Bonchev–Trinajstić information content (AvgIpc) is 3.07. The first-order valence-corrected chi connectivity index (χ1v) is 16.3. The number of fused-ring (bicyclic) bond motifs is 1. The Morgan fingerprint density at radius 3 is 2.15 bits per heavy atom. The van der Waals surface area contributed by atoms with Crippen LogP contribution in [-0.2, 0) is 19.3 Å². The molecule has 0 saturated heterocycles. The Morgan fingerprint density at radius 2 is 1.50 bits per heavy atom. The second-order valence-corrected chi connectivity index (χ2v) is 12.5. The highest BCUT2D eigenvalue weighted by Crippen LogP contribution is 2.39.